The number of hydrogen-bond acceptors (Lipinski definition) is 3. The van der Waals surface area contributed by atoms with Crippen LogP contribution in [-0.4, -0.2) is 7.11 Å². The molecule has 0 aliphatic carbocycles. The zero-order valence-corrected chi connectivity index (χ0v) is 11.1. The Balaban J connectivity index is 2.16. The Morgan fingerprint density at radius 2 is 2.06 bits per heavy atom. The summed E-state index contributed by atoms with van der Waals surface area (Å²) in [5, 5.41) is 0. The van der Waals surface area contributed by atoms with Crippen LogP contribution in [0.4, 0.5) is 0 Å². The molecule has 4 heteroatoms. The van der Waals surface area contributed by atoms with Crippen LogP contribution in [0.15, 0.2) is 36.4 Å². The summed E-state index contributed by atoms with van der Waals surface area (Å²) >= 11 is 7.47. The van der Waals surface area contributed by atoms with Gasteiger partial charge >= 0.3 is 0 Å². The summed E-state index contributed by atoms with van der Waals surface area (Å²) in [6.45, 7) is 0. The van der Waals surface area contributed by atoms with Crippen molar-refractivity contribution in [2.24, 2.45) is 5.73 Å². The van der Waals surface area contributed by atoms with Crippen molar-refractivity contribution in [1.82, 2.24) is 0 Å². The number of rotatable bonds is 4. The van der Waals surface area contributed by atoms with Gasteiger partial charge in [-0.3, -0.25) is 0 Å². The number of methoxy groups -OCH3 is 1. The van der Waals surface area contributed by atoms with Gasteiger partial charge in [0, 0.05) is 22.9 Å². The lowest BCUT2D eigenvalue weighted by Crippen LogP contribution is -2.13. The summed E-state index contributed by atoms with van der Waals surface area (Å²) in [5.41, 5.74) is 7.22. The van der Waals surface area contributed by atoms with Gasteiger partial charge in [-0.05, 0) is 18.2 Å². The van der Waals surface area contributed by atoms with Crippen molar-refractivity contribution in [3.63, 3.8) is 0 Å². The minimum atomic E-state index is -0.0686. The molecule has 2 aromatic rings. The van der Waals surface area contributed by atoms with Crippen LogP contribution in [0.5, 0.6) is 5.75 Å². The van der Waals surface area contributed by atoms with E-state index in [2.05, 4.69) is 0 Å². The number of nitrogens with two attached hydrogens (primary N) is 1. The van der Waals surface area contributed by atoms with Gasteiger partial charge in [-0.1, -0.05) is 29.8 Å². The van der Waals surface area contributed by atoms with Gasteiger partial charge in [0.15, 0.2) is 0 Å². The summed E-state index contributed by atoms with van der Waals surface area (Å²) in [7, 11) is 1.66. The highest BCUT2D eigenvalue weighted by molar-refractivity contribution is 7.16. The second-order valence-electron chi connectivity index (χ2n) is 3.76. The van der Waals surface area contributed by atoms with Crippen molar-refractivity contribution in [2.45, 2.75) is 12.5 Å². The van der Waals surface area contributed by atoms with Crippen LogP contribution in [0.2, 0.25) is 4.34 Å². The molecule has 1 heterocycles. The van der Waals surface area contributed by atoms with Crippen LogP contribution in [-0.2, 0) is 6.42 Å². The minimum Gasteiger partial charge on any atom is -0.496 e. The molecule has 0 amide bonds. The first-order chi connectivity index (χ1) is 8.20. The predicted molar refractivity (Wildman–Crippen MR) is 73.0 cm³/mol. The smallest absolute Gasteiger partial charge is 0.123 e. The number of halogens is 1. The molecule has 0 spiro atoms. The maximum absolute atomic E-state index is 6.20. The van der Waals surface area contributed by atoms with Gasteiger partial charge in [-0.15, -0.1) is 11.3 Å². The summed E-state index contributed by atoms with van der Waals surface area (Å²) in [6.07, 6.45) is 0.776. The lowest BCUT2D eigenvalue weighted by Gasteiger charge is -2.14. The van der Waals surface area contributed by atoms with Crippen molar-refractivity contribution in [3.8, 4) is 5.75 Å². The molecule has 2 N–H and O–H groups in total. The molecule has 1 aromatic heterocycles. The fraction of sp³-hybridized carbons (Fsp3) is 0.231. The second kappa shape index (κ2) is 5.54. The molecule has 0 fully saturated rings. The van der Waals surface area contributed by atoms with Crippen molar-refractivity contribution >= 4 is 22.9 Å². The van der Waals surface area contributed by atoms with Crippen LogP contribution >= 0.6 is 22.9 Å². The van der Waals surface area contributed by atoms with Crippen LogP contribution in [0.25, 0.3) is 0 Å². The van der Waals surface area contributed by atoms with Crippen LogP contribution in [0.1, 0.15) is 16.5 Å². The highest BCUT2D eigenvalue weighted by Crippen LogP contribution is 2.29. The molecular formula is C13H14ClNOS. The highest BCUT2D eigenvalue weighted by Gasteiger charge is 2.12. The van der Waals surface area contributed by atoms with Gasteiger partial charge in [0.1, 0.15) is 5.75 Å². The number of thiophene rings is 1. The Kier molecular flexibility index (Phi) is 4.05. The van der Waals surface area contributed by atoms with Gasteiger partial charge in [-0.25, -0.2) is 0 Å². The van der Waals surface area contributed by atoms with E-state index in [1.807, 2.05) is 36.4 Å². The molecule has 90 valence electrons. The third kappa shape index (κ3) is 3.00. The van der Waals surface area contributed by atoms with Crippen molar-refractivity contribution in [2.75, 3.05) is 7.11 Å². The Hall–Kier alpha value is -1.03. The molecule has 0 bridgehead atoms. The van der Waals surface area contributed by atoms with Gasteiger partial charge in [0.2, 0.25) is 0 Å². The number of ether oxygens (including phenoxy) is 1. The molecule has 0 aliphatic rings. The zero-order valence-electron chi connectivity index (χ0n) is 9.52. The Bertz CT molecular complexity index is 498. The monoisotopic (exact) mass is 267 g/mol. The largest absolute Gasteiger partial charge is 0.496 e. The maximum atomic E-state index is 6.20. The van der Waals surface area contributed by atoms with E-state index in [4.69, 9.17) is 22.1 Å². The summed E-state index contributed by atoms with van der Waals surface area (Å²) < 4.78 is 6.11. The van der Waals surface area contributed by atoms with E-state index in [-0.39, 0.29) is 6.04 Å². The molecule has 1 unspecified atom stereocenters. The first-order valence-corrected chi connectivity index (χ1v) is 6.53. The third-order valence-electron chi connectivity index (χ3n) is 2.59. The van der Waals surface area contributed by atoms with E-state index >= 15 is 0 Å². The van der Waals surface area contributed by atoms with E-state index in [0.717, 1.165) is 22.1 Å². The fourth-order valence-electron chi connectivity index (χ4n) is 1.76. The molecule has 17 heavy (non-hydrogen) atoms. The Morgan fingerprint density at radius 3 is 2.71 bits per heavy atom. The molecule has 1 atom stereocenters. The molecule has 2 nitrogen and oxygen atoms in total. The van der Waals surface area contributed by atoms with Crippen LogP contribution in [0, 0.1) is 0 Å². The molecule has 0 saturated carbocycles. The summed E-state index contributed by atoms with van der Waals surface area (Å²) in [6, 6.07) is 11.7. The fourth-order valence-corrected chi connectivity index (χ4v) is 2.91. The average Bonchev–Trinajstić information content (AvgIpc) is 2.74. The van der Waals surface area contributed by atoms with Gasteiger partial charge in [0.25, 0.3) is 0 Å². The predicted octanol–water partition coefficient (Wildman–Crippen LogP) is 3.65. The van der Waals surface area contributed by atoms with Crippen molar-refractivity contribution in [3.05, 3.63) is 51.2 Å². The normalized spacial score (nSPS) is 12.4. The standard InChI is InChI=1S/C13H14ClNOS/c1-16-12-5-3-2-4-10(12)11(15)8-9-6-7-13(14)17-9/h2-7,11H,8,15H2,1H3. The highest BCUT2D eigenvalue weighted by atomic mass is 35.5. The number of para-hydroxylation sites is 1. The molecule has 0 radical (unpaired) electrons. The first kappa shape index (κ1) is 12.4. The number of hydrogen-bond donors (Lipinski definition) is 1. The van der Waals surface area contributed by atoms with E-state index in [9.17, 15) is 0 Å². The van der Waals surface area contributed by atoms with Gasteiger partial charge in [0.05, 0.1) is 11.4 Å². The van der Waals surface area contributed by atoms with Crippen molar-refractivity contribution in [1.29, 1.82) is 0 Å². The number of benzene rings is 1. The average molecular weight is 268 g/mol. The lowest BCUT2D eigenvalue weighted by molar-refractivity contribution is 0.405. The molecular weight excluding hydrogens is 254 g/mol. The van der Waals surface area contributed by atoms with E-state index in [0.29, 0.717) is 0 Å². The van der Waals surface area contributed by atoms with Crippen LogP contribution < -0.4 is 10.5 Å². The summed E-state index contributed by atoms with van der Waals surface area (Å²) in [5.74, 6) is 0.836. The maximum Gasteiger partial charge on any atom is 0.123 e. The summed E-state index contributed by atoms with van der Waals surface area (Å²) in [4.78, 5) is 1.19. The van der Waals surface area contributed by atoms with Crippen molar-refractivity contribution < 1.29 is 4.74 Å². The Labute approximate surface area is 110 Å². The zero-order chi connectivity index (χ0) is 12.3. The van der Waals surface area contributed by atoms with E-state index in [1.54, 1.807) is 18.4 Å². The molecule has 1 aromatic carbocycles. The SMILES string of the molecule is COc1ccccc1C(N)Cc1ccc(Cl)s1. The Morgan fingerprint density at radius 1 is 1.29 bits per heavy atom. The third-order valence-corrected chi connectivity index (χ3v) is 3.84. The topological polar surface area (TPSA) is 35.2 Å². The van der Waals surface area contributed by atoms with Gasteiger partial charge in [-0.2, -0.15) is 0 Å². The van der Waals surface area contributed by atoms with E-state index < -0.39 is 0 Å². The molecule has 0 aliphatic heterocycles. The second-order valence-corrected chi connectivity index (χ2v) is 5.56. The van der Waals surface area contributed by atoms with E-state index in [1.165, 1.54) is 4.88 Å². The molecule has 2 rings (SSSR count). The lowest BCUT2D eigenvalue weighted by atomic mass is 10.0. The molecule has 0 saturated heterocycles. The van der Waals surface area contributed by atoms with Crippen LogP contribution in [0.3, 0.4) is 0 Å². The minimum absolute atomic E-state index is 0.0686. The first-order valence-electron chi connectivity index (χ1n) is 5.33. The van der Waals surface area contributed by atoms with Gasteiger partial charge < -0.3 is 10.5 Å². The quantitative estimate of drug-likeness (QED) is 0.918.